The predicted molar refractivity (Wildman–Crippen MR) is 165 cm³/mol. The summed E-state index contributed by atoms with van der Waals surface area (Å²) in [6.07, 6.45) is 0. The van der Waals surface area contributed by atoms with Crippen molar-refractivity contribution in [3.63, 3.8) is 0 Å². The van der Waals surface area contributed by atoms with E-state index in [1.165, 1.54) is 40.0 Å². The van der Waals surface area contributed by atoms with Crippen molar-refractivity contribution < 1.29 is 9.59 Å². The summed E-state index contributed by atoms with van der Waals surface area (Å²) >= 11 is 3.60. The second-order valence-electron chi connectivity index (χ2n) is 10.7. The summed E-state index contributed by atoms with van der Waals surface area (Å²) in [5.41, 5.74) is 7.44. The van der Waals surface area contributed by atoms with Crippen molar-refractivity contribution >= 4 is 76.0 Å². The fourth-order valence-electron chi connectivity index (χ4n) is 7.09. The molecule has 0 radical (unpaired) electrons. The van der Waals surface area contributed by atoms with Crippen LogP contribution in [0.4, 0.5) is 0 Å². The lowest BCUT2D eigenvalue weighted by Crippen LogP contribution is -2.09. The van der Waals surface area contributed by atoms with Gasteiger partial charge in [0.1, 0.15) is 0 Å². The summed E-state index contributed by atoms with van der Waals surface area (Å²) in [5.74, 6) is 0.203. The lowest BCUT2D eigenvalue weighted by Gasteiger charge is -2.19. The van der Waals surface area contributed by atoms with Crippen LogP contribution < -0.4 is 0 Å². The molecule has 10 rings (SSSR count). The normalized spacial score (nSPS) is 14.5. The molecule has 0 saturated carbocycles. The molecular formula is C36H16O2S2. The van der Waals surface area contributed by atoms with Crippen molar-refractivity contribution in [2.75, 3.05) is 0 Å². The maximum atomic E-state index is 13.5. The van der Waals surface area contributed by atoms with Crippen molar-refractivity contribution in [3.05, 3.63) is 128 Å². The quantitative estimate of drug-likeness (QED) is 0.190. The van der Waals surface area contributed by atoms with Gasteiger partial charge in [0, 0.05) is 64.0 Å². The predicted octanol–water partition coefficient (Wildman–Crippen LogP) is 9.57. The van der Waals surface area contributed by atoms with Gasteiger partial charge in [0.05, 0.1) is 9.06 Å². The molecule has 0 amide bonds. The third-order valence-electron chi connectivity index (χ3n) is 8.78. The zero-order valence-corrected chi connectivity index (χ0v) is 22.5. The number of rotatable bonds is 0. The van der Waals surface area contributed by atoms with Crippen LogP contribution in [0.3, 0.4) is 0 Å². The van der Waals surface area contributed by atoms with E-state index < -0.39 is 0 Å². The lowest BCUT2D eigenvalue weighted by molar-refractivity contribution is 0.103. The highest BCUT2D eigenvalue weighted by atomic mass is 32.1. The van der Waals surface area contributed by atoms with Crippen molar-refractivity contribution in [2.24, 2.45) is 0 Å². The molecule has 0 atom stereocenters. The van der Waals surface area contributed by atoms with Crippen LogP contribution in [0, 0.1) is 9.06 Å². The van der Waals surface area contributed by atoms with E-state index in [0.29, 0.717) is 0 Å². The Labute approximate surface area is 235 Å². The van der Waals surface area contributed by atoms with Crippen molar-refractivity contribution in [1.29, 1.82) is 0 Å². The highest BCUT2D eigenvalue weighted by molar-refractivity contribution is 7.22. The van der Waals surface area contributed by atoms with Crippen LogP contribution in [0.25, 0.3) is 64.0 Å². The van der Waals surface area contributed by atoms with Gasteiger partial charge in [-0.15, -0.1) is 22.7 Å². The SMILES string of the molecule is O=C1c2ccccc2-c2ccc3s/c(=c4/sc5ccc6c7c(ccc4c57)C(=O)c4ccccc4-6)c4ccc1c2c34. The molecular weight excluding hydrogens is 529 g/mol. The van der Waals surface area contributed by atoms with E-state index >= 15 is 0 Å². The van der Waals surface area contributed by atoms with Crippen molar-refractivity contribution in [3.8, 4) is 22.3 Å². The van der Waals surface area contributed by atoms with Gasteiger partial charge in [-0.1, -0.05) is 72.8 Å². The second-order valence-corrected chi connectivity index (χ2v) is 12.8. The fourth-order valence-corrected chi connectivity index (χ4v) is 9.65. The van der Waals surface area contributed by atoms with Gasteiger partial charge < -0.3 is 0 Å². The summed E-state index contributed by atoms with van der Waals surface area (Å²) in [5, 5.41) is 6.88. The fraction of sp³-hybridized carbons (Fsp3) is 0. The van der Waals surface area contributed by atoms with E-state index in [-0.39, 0.29) is 11.6 Å². The standard InChI is InChI=1S/C36H16O2S2/c37-33-21-7-3-1-5-17(21)19-13-15-27-31-25(11-9-23(33)29(19)31)35(39-27)36-26-12-10-24-30-20(14-16-28(40-36)32(26)30)18-6-2-4-8-22(18)34(24)38/h1-16H/b36-35+. The van der Waals surface area contributed by atoms with Gasteiger partial charge in [0.25, 0.3) is 0 Å². The Morgan fingerprint density at radius 2 is 0.750 bits per heavy atom. The van der Waals surface area contributed by atoms with Gasteiger partial charge in [-0.05, 0) is 46.5 Å². The molecule has 6 aromatic carbocycles. The van der Waals surface area contributed by atoms with Crippen LogP contribution >= 0.6 is 22.7 Å². The van der Waals surface area contributed by atoms with E-state index in [1.54, 1.807) is 22.7 Å². The summed E-state index contributed by atoms with van der Waals surface area (Å²) in [6, 6.07) is 33.0. The first-order valence-electron chi connectivity index (χ1n) is 13.3. The average molecular weight is 545 g/mol. The molecule has 2 aliphatic carbocycles. The molecule has 0 bridgehead atoms. The zero-order chi connectivity index (χ0) is 26.3. The molecule has 0 spiro atoms. The van der Waals surface area contributed by atoms with Gasteiger partial charge in [0.2, 0.25) is 0 Å². The summed E-state index contributed by atoms with van der Waals surface area (Å²) in [4.78, 5) is 27.0. The number of benzene rings is 6. The van der Waals surface area contributed by atoms with Crippen LogP contribution in [0.5, 0.6) is 0 Å². The van der Waals surface area contributed by atoms with Crippen LogP contribution in [0.1, 0.15) is 31.8 Å². The molecule has 0 saturated heterocycles. The zero-order valence-electron chi connectivity index (χ0n) is 20.9. The number of carbonyl (C=O) groups excluding carboxylic acids is 2. The van der Waals surface area contributed by atoms with Crippen LogP contribution in [0.2, 0.25) is 0 Å². The molecule has 2 aliphatic rings. The molecule has 184 valence electrons. The topological polar surface area (TPSA) is 34.1 Å². The van der Waals surface area contributed by atoms with E-state index in [9.17, 15) is 9.59 Å². The summed E-state index contributed by atoms with van der Waals surface area (Å²) < 4.78 is 4.84. The van der Waals surface area contributed by atoms with E-state index in [2.05, 4.69) is 48.5 Å². The van der Waals surface area contributed by atoms with Crippen LogP contribution in [0.15, 0.2) is 97.1 Å². The highest BCUT2D eigenvalue weighted by Crippen LogP contribution is 2.48. The smallest absolute Gasteiger partial charge is 0.194 e. The molecule has 2 heterocycles. The molecule has 0 aliphatic heterocycles. The third kappa shape index (κ3) is 2.37. The van der Waals surface area contributed by atoms with Crippen LogP contribution in [-0.4, -0.2) is 11.6 Å². The molecule has 40 heavy (non-hydrogen) atoms. The number of fused-ring (bicyclic) bond motifs is 4. The van der Waals surface area contributed by atoms with Crippen molar-refractivity contribution in [1.82, 2.24) is 0 Å². The molecule has 8 aromatic rings. The van der Waals surface area contributed by atoms with E-state index in [1.807, 2.05) is 48.5 Å². The largest absolute Gasteiger partial charge is 0.289 e. The molecule has 0 fully saturated rings. The summed E-state index contributed by atoms with van der Waals surface area (Å²) in [6.45, 7) is 0. The molecule has 2 aromatic heterocycles. The first kappa shape index (κ1) is 21.2. The first-order valence-corrected chi connectivity index (χ1v) is 14.9. The number of thiophene rings is 2. The number of hydrogen-bond donors (Lipinski definition) is 0. The average Bonchev–Trinajstić information content (AvgIpc) is 3.57. The van der Waals surface area contributed by atoms with Gasteiger partial charge in [-0.2, -0.15) is 0 Å². The minimum absolute atomic E-state index is 0.102. The third-order valence-corrected chi connectivity index (χ3v) is 11.3. The molecule has 2 nitrogen and oxygen atoms in total. The Kier molecular flexibility index (Phi) is 3.77. The van der Waals surface area contributed by atoms with Gasteiger partial charge in [-0.3, -0.25) is 9.59 Å². The molecule has 0 N–H and O–H groups in total. The van der Waals surface area contributed by atoms with Gasteiger partial charge in [0.15, 0.2) is 11.6 Å². The number of carbonyl (C=O) groups is 2. The second kappa shape index (κ2) is 7.11. The Morgan fingerprint density at radius 1 is 0.350 bits per heavy atom. The Hall–Kier alpha value is -4.64. The Balaban J connectivity index is 1.38. The molecule has 0 unspecified atom stereocenters. The summed E-state index contributed by atoms with van der Waals surface area (Å²) in [7, 11) is 0. The first-order chi connectivity index (χ1) is 19.7. The maximum absolute atomic E-state index is 13.5. The maximum Gasteiger partial charge on any atom is 0.194 e. The van der Waals surface area contributed by atoms with Gasteiger partial charge >= 0.3 is 0 Å². The minimum Gasteiger partial charge on any atom is -0.289 e. The van der Waals surface area contributed by atoms with E-state index in [4.69, 9.17) is 0 Å². The Bertz CT molecular complexity index is 2400. The lowest BCUT2D eigenvalue weighted by atomic mass is 9.82. The minimum atomic E-state index is 0.102. The monoisotopic (exact) mass is 544 g/mol. The number of ketones is 2. The molecule has 4 heteroatoms. The Morgan fingerprint density at radius 3 is 1.20 bits per heavy atom. The highest BCUT2D eigenvalue weighted by Gasteiger charge is 2.29. The van der Waals surface area contributed by atoms with Crippen LogP contribution in [-0.2, 0) is 0 Å². The van der Waals surface area contributed by atoms with E-state index in [0.717, 1.165) is 55.3 Å². The van der Waals surface area contributed by atoms with Crippen molar-refractivity contribution in [2.45, 2.75) is 0 Å². The number of hydrogen-bond acceptors (Lipinski definition) is 4. The van der Waals surface area contributed by atoms with Gasteiger partial charge in [-0.25, -0.2) is 0 Å².